The SMILES string of the molecule is NS(=O)(=O)c1ccc(NC(=O)CCl)c2ccccc12. The zero-order valence-electron chi connectivity index (χ0n) is 9.76. The van der Waals surface area contributed by atoms with Crippen LogP contribution in [0.2, 0.25) is 0 Å². The van der Waals surface area contributed by atoms with Crippen molar-refractivity contribution in [1.82, 2.24) is 0 Å². The van der Waals surface area contributed by atoms with Crippen LogP contribution in [0.15, 0.2) is 41.3 Å². The Morgan fingerprint density at radius 2 is 1.79 bits per heavy atom. The van der Waals surface area contributed by atoms with Crippen LogP contribution in [0, 0.1) is 0 Å². The maximum atomic E-state index is 11.5. The predicted molar refractivity (Wildman–Crippen MR) is 74.7 cm³/mol. The maximum Gasteiger partial charge on any atom is 0.239 e. The molecule has 100 valence electrons. The Morgan fingerprint density at radius 3 is 2.37 bits per heavy atom. The second kappa shape index (κ2) is 5.16. The number of nitrogens with one attached hydrogen (secondary N) is 1. The van der Waals surface area contributed by atoms with Gasteiger partial charge in [-0.05, 0) is 12.1 Å². The van der Waals surface area contributed by atoms with E-state index in [-0.39, 0.29) is 16.7 Å². The number of nitrogens with two attached hydrogens (primary N) is 1. The number of hydrogen-bond donors (Lipinski definition) is 2. The number of anilines is 1. The highest BCUT2D eigenvalue weighted by molar-refractivity contribution is 7.89. The van der Waals surface area contributed by atoms with Crippen molar-refractivity contribution in [2.45, 2.75) is 4.90 Å². The van der Waals surface area contributed by atoms with Gasteiger partial charge in [0.05, 0.1) is 4.90 Å². The molecule has 0 fully saturated rings. The molecule has 19 heavy (non-hydrogen) atoms. The van der Waals surface area contributed by atoms with Gasteiger partial charge in [0, 0.05) is 16.5 Å². The molecule has 0 saturated heterocycles. The largest absolute Gasteiger partial charge is 0.324 e. The van der Waals surface area contributed by atoms with Crippen LogP contribution in [-0.2, 0) is 14.8 Å². The molecule has 2 aromatic carbocycles. The number of primary sulfonamides is 1. The van der Waals surface area contributed by atoms with Gasteiger partial charge in [0.1, 0.15) is 5.88 Å². The monoisotopic (exact) mass is 298 g/mol. The van der Waals surface area contributed by atoms with Gasteiger partial charge in [-0.25, -0.2) is 13.6 Å². The van der Waals surface area contributed by atoms with Gasteiger partial charge < -0.3 is 5.32 Å². The van der Waals surface area contributed by atoms with Crippen LogP contribution in [0.5, 0.6) is 0 Å². The van der Waals surface area contributed by atoms with E-state index >= 15 is 0 Å². The van der Waals surface area contributed by atoms with Gasteiger partial charge in [-0.2, -0.15) is 0 Å². The lowest BCUT2D eigenvalue weighted by atomic mass is 10.1. The Labute approximate surface area is 115 Å². The van der Waals surface area contributed by atoms with Crippen molar-refractivity contribution in [1.29, 1.82) is 0 Å². The van der Waals surface area contributed by atoms with Crippen LogP contribution < -0.4 is 10.5 Å². The summed E-state index contributed by atoms with van der Waals surface area (Å²) in [6, 6.07) is 9.63. The van der Waals surface area contributed by atoms with Crippen LogP contribution in [0.25, 0.3) is 10.8 Å². The number of hydrogen-bond acceptors (Lipinski definition) is 3. The molecule has 0 aliphatic heterocycles. The lowest BCUT2D eigenvalue weighted by molar-refractivity contribution is -0.113. The summed E-state index contributed by atoms with van der Waals surface area (Å²) in [5.41, 5.74) is 0.494. The van der Waals surface area contributed by atoms with Crippen LogP contribution in [0.4, 0.5) is 5.69 Å². The summed E-state index contributed by atoms with van der Waals surface area (Å²) in [5.74, 6) is -0.541. The molecule has 2 aromatic rings. The number of alkyl halides is 1. The Kier molecular flexibility index (Phi) is 3.75. The van der Waals surface area contributed by atoms with E-state index in [4.69, 9.17) is 16.7 Å². The Bertz CT molecular complexity index is 744. The van der Waals surface area contributed by atoms with E-state index in [9.17, 15) is 13.2 Å². The summed E-state index contributed by atoms with van der Waals surface area (Å²) in [7, 11) is -3.82. The average Bonchev–Trinajstić information content (AvgIpc) is 2.37. The van der Waals surface area contributed by atoms with Crippen molar-refractivity contribution in [2.75, 3.05) is 11.2 Å². The quantitative estimate of drug-likeness (QED) is 0.845. The molecule has 5 nitrogen and oxygen atoms in total. The molecule has 0 radical (unpaired) electrons. The van der Waals surface area contributed by atoms with Gasteiger partial charge >= 0.3 is 0 Å². The van der Waals surface area contributed by atoms with Crippen LogP contribution in [0.1, 0.15) is 0 Å². The van der Waals surface area contributed by atoms with Crippen molar-refractivity contribution in [3.63, 3.8) is 0 Å². The summed E-state index contributed by atoms with van der Waals surface area (Å²) in [6.45, 7) is 0. The Morgan fingerprint density at radius 1 is 1.16 bits per heavy atom. The lowest BCUT2D eigenvalue weighted by Gasteiger charge is -2.10. The molecule has 0 unspecified atom stereocenters. The average molecular weight is 299 g/mol. The Balaban J connectivity index is 2.69. The number of carbonyl (C=O) groups excluding carboxylic acids is 1. The van der Waals surface area contributed by atoms with Crippen LogP contribution in [0.3, 0.4) is 0 Å². The number of halogens is 1. The molecule has 1 amide bonds. The first kappa shape index (κ1) is 13.8. The van der Waals surface area contributed by atoms with Crippen molar-refractivity contribution < 1.29 is 13.2 Å². The van der Waals surface area contributed by atoms with Gasteiger partial charge in [-0.3, -0.25) is 4.79 Å². The summed E-state index contributed by atoms with van der Waals surface area (Å²) in [6.07, 6.45) is 0. The normalized spacial score (nSPS) is 11.5. The standard InChI is InChI=1S/C12H11ClN2O3S/c13-7-12(16)15-10-5-6-11(19(14,17)18)9-4-2-1-3-8(9)10/h1-6H,7H2,(H,15,16)(H2,14,17,18). The van der Waals surface area contributed by atoms with E-state index < -0.39 is 10.0 Å². The third kappa shape index (κ3) is 2.86. The maximum absolute atomic E-state index is 11.5. The molecule has 0 aliphatic rings. The smallest absolute Gasteiger partial charge is 0.239 e. The first-order valence-electron chi connectivity index (χ1n) is 5.34. The second-order valence-corrected chi connectivity index (χ2v) is 5.68. The first-order chi connectivity index (χ1) is 8.93. The minimum Gasteiger partial charge on any atom is -0.324 e. The molecule has 0 spiro atoms. The van der Waals surface area contributed by atoms with Gasteiger partial charge in [0.2, 0.25) is 15.9 Å². The fourth-order valence-electron chi connectivity index (χ4n) is 1.81. The fraction of sp³-hybridized carbons (Fsp3) is 0.0833. The van der Waals surface area contributed by atoms with Gasteiger partial charge in [0.15, 0.2) is 0 Å². The molecule has 2 rings (SSSR count). The van der Waals surface area contributed by atoms with Crippen LogP contribution in [-0.4, -0.2) is 20.2 Å². The van der Waals surface area contributed by atoms with E-state index in [0.29, 0.717) is 16.5 Å². The van der Waals surface area contributed by atoms with Gasteiger partial charge in [-0.15, -0.1) is 11.6 Å². The zero-order chi connectivity index (χ0) is 14.0. The highest BCUT2D eigenvalue weighted by atomic mass is 35.5. The van der Waals surface area contributed by atoms with Crippen molar-refractivity contribution in [2.24, 2.45) is 5.14 Å². The minimum absolute atomic E-state index is 0.0203. The summed E-state index contributed by atoms with van der Waals surface area (Å²) < 4.78 is 23.0. The number of carbonyl (C=O) groups is 1. The molecule has 0 saturated carbocycles. The number of benzene rings is 2. The molecule has 7 heteroatoms. The topological polar surface area (TPSA) is 89.3 Å². The molecule has 0 heterocycles. The number of sulfonamides is 1. The van der Waals surface area contributed by atoms with E-state index in [2.05, 4.69) is 5.32 Å². The minimum atomic E-state index is -3.82. The second-order valence-electron chi connectivity index (χ2n) is 3.88. The van der Waals surface area contributed by atoms with Crippen molar-refractivity contribution >= 4 is 44.0 Å². The highest BCUT2D eigenvalue weighted by Gasteiger charge is 2.14. The fourth-order valence-corrected chi connectivity index (χ4v) is 2.62. The zero-order valence-corrected chi connectivity index (χ0v) is 11.3. The molecule has 0 aliphatic carbocycles. The van der Waals surface area contributed by atoms with Crippen molar-refractivity contribution in [3.8, 4) is 0 Å². The summed E-state index contributed by atoms with van der Waals surface area (Å²) in [5, 5.41) is 8.82. The molecule has 0 atom stereocenters. The Hall–Kier alpha value is -1.63. The van der Waals surface area contributed by atoms with E-state index in [1.807, 2.05) is 0 Å². The number of rotatable bonds is 3. The lowest BCUT2D eigenvalue weighted by Crippen LogP contribution is -2.15. The predicted octanol–water partition coefficient (Wildman–Crippen LogP) is 1.66. The third-order valence-corrected chi connectivity index (χ3v) is 3.80. The molecule has 3 N–H and O–H groups in total. The first-order valence-corrected chi connectivity index (χ1v) is 7.42. The number of amides is 1. The van der Waals surface area contributed by atoms with Crippen LogP contribution >= 0.6 is 11.6 Å². The summed E-state index contributed by atoms with van der Waals surface area (Å²) >= 11 is 5.43. The summed E-state index contributed by atoms with van der Waals surface area (Å²) in [4.78, 5) is 11.3. The third-order valence-electron chi connectivity index (χ3n) is 2.59. The number of fused-ring (bicyclic) bond motifs is 1. The molecule has 0 bridgehead atoms. The van der Waals surface area contributed by atoms with E-state index in [1.165, 1.54) is 12.1 Å². The van der Waals surface area contributed by atoms with Gasteiger partial charge in [-0.1, -0.05) is 24.3 Å². The van der Waals surface area contributed by atoms with Gasteiger partial charge in [0.25, 0.3) is 0 Å². The highest BCUT2D eigenvalue weighted by Crippen LogP contribution is 2.28. The van der Waals surface area contributed by atoms with E-state index in [1.54, 1.807) is 24.3 Å². The van der Waals surface area contributed by atoms with Crippen molar-refractivity contribution in [3.05, 3.63) is 36.4 Å². The molecule has 0 aromatic heterocycles. The molecular weight excluding hydrogens is 288 g/mol. The van der Waals surface area contributed by atoms with E-state index in [0.717, 1.165) is 0 Å². The molecular formula is C12H11ClN2O3S.